The Bertz CT molecular complexity index is 677. The van der Waals surface area contributed by atoms with Crippen molar-refractivity contribution in [1.29, 1.82) is 0 Å². The summed E-state index contributed by atoms with van der Waals surface area (Å²) in [6.07, 6.45) is 2.44. The van der Waals surface area contributed by atoms with Gasteiger partial charge in [-0.15, -0.1) is 24.8 Å². The van der Waals surface area contributed by atoms with E-state index in [9.17, 15) is 9.59 Å². The minimum absolute atomic E-state index is 0. The Morgan fingerprint density at radius 3 is 2.86 bits per heavy atom. The molecule has 0 atom stereocenters. The maximum absolute atomic E-state index is 12.1. The molecule has 9 heteroatoms. The zero-order chi connectivity index (χ0) is 13.9. The molecule has 1 aliphatic heterocycles. The summed E-state index contributed by atoms with van der Waals surface area (Å²) < 4.78 is 0. The number of fused-ring (bicyclic) bond motifs is 1. The van der Waals surface area contributed by atoms with Crippen LogP contribution < -0.4 is 16.2 Å². The molecule has 3 heterocycles. The predicted octanol–water partition coefficient (Wildman–Crippen LogP) is 0.517. The molecule has 7 nitrogen and oxygen atoms in total. The van der Waals surface area contributed by atoms with E-state index in [0.717, 1.165) is 29.8 Å². The molecule has 22 heavy (non-hydrogen) atoms. The fourth-order valence-corrected chi connectivity index (χ4v) is 2.23. The first-order valence-corrected chi connectivity index (χ1v) is 6.46. The van der Waals surface area contributed by atoms with Crippen LogP contribution >= 0.6 is 24.8 Å². The van der Waals surface area contributed by atoms with Gasteiger partial charge in [0.1, 0.15) is 0 Å². The van der Waals surface area contributed by atoms with Gasteiger partial charge in [0.05, 0.1) is 0 Å². The van der Waals surface area contributed by atoms with Gasteiger partial charge in [-0.1, -0.05) is 6.07 Å². The molecule has 3 rings (SSSR count). The summed E-state index contributed by atoms with van der Waals surface area (Å²) in [4.78, 5) is 25.6. The normalized spacial score (nSPS) is 12.5. The number of hydrogen-bond acceptors (Lipinski definition) is 4. The lowest BCUT2D eigenvalue weighted by molar-refractivity contribution is 0.0944. The van der Waals surface area contributed by atoms with E-state index >= 15 is 0 Å². The Balaban J connectivity index is 0.00000121. The number of carbonyl (C=O) groups excluding carboxylic acids is 1. The third-order valence-electron chi connectivity index (χ3n) is 3.32. The van der Waals surface area contributed by atoms with Crippen molar-refractivity contribution in [1.82, 2.24) is 25.8 Å². The fraction of sp³-hybridized carbons (Fsp3) is 0.308. The van der Waals surface area contributed by atoms with E-state index in [1.54, 1.807) is 12.3 Å². The van der Waals surface area contributed by atoms with Crippen molar-refractivity contribution < 1.29 is 4.79 Å². The molecule has 0 unspecified atom stereocenters. The van der Waals surface area contributed by atoms with E-state index in [2.05, 4.69) is 25.8 Å². The minimum atomic E-state index is -0.211. The van der Waals surface area contributed by atoms with E-state index in [-0.39, 0.29) is 36.3 Å². The van der Waals surface area contributed by atoms with Crippen LogP contribution in [0.15, 0.2) is 23.1 Å². The Kier molecular flexibility index (Phi) is 6.61. The molecule has 2 aromatic heterocycles. The molecular weight excluding hydrogens is 329 g/mol. The van der Waals surface area contributed by atoms with Crippen molar-refractivity contribution in [2.45, 2.75) is 19.5 Å². The highest BCUT2D eigenvalue weighted by Gasteiger charge is 2.21. The first-order chi connectivity index (χ1) is 9.74. The molecule has 0 fully saturated rings. The molecule has 1 aliphatic rings. The molecule has 1 amide bonds. The number of amides is 1. The molecule has 0 saturated carbocycles. The predicted molar refractivity (Wildman–Crippen MR) is 86.7 cm³/mol. The maximum atomic E-state index is 12.1. The average molecular weight is 346 g/mol. The third-order valence-corrected chi connectivity index (χ3v) is 3.32. The number of aromatic nitrogens is 3. The van der Waals surface area contributed by atoms with Crippen LogP contribution in [0.5, 0.6) is 0 Å². The Morgan fingerprint density at radius 2 is 2.14 bits per heavy atom. The van der Waals surface area contributed by atoms with Crippen molar-refractivity contribution in [3.8, 4) is 0 Å². The summed E-state index contributed by atoms with van der Waals surface area (Å²) in [5.74, 6) is -0.211. The summed E-state index contributed by atoms with van der Waals surface area (Å²) in [5.41, 5.74) is 3.08. The number of hydrogen-bond donors (Lipinski definition) is 4. The third kappa shape index (κ3) is 3.88. The molecule has 2 aromatic rings. The van der Waals surface area contributed by atoms with Crippen LogP contribution in [0, 0.1) is 0 Å². The second kappa shape index (κ2) is 7.98. The van der Waals surface area contributed by atoms with Gasteiger partial charge in [-0.3, -0.25) is 14.7 Å². The summed E-state index contributed by atoms with van der Waals surface area (Å²) in [7, 11) is 0. The van der Waals surface area contributed by atoms with Gasteiger partial charge in [0.15, 0.2) is 5.69 Å². The largest absolute Gasteiger partial charge is 0.346 e. The Morgan fingerprint density at radius 1 is 1.32 bits per heavy atom. The summed E-state index contributed by atoms with van der Waals surface area (Å²) >= 11 is 0. The van der Waals surface area contributed by atoms with Gasteiger partial charge in [0, 0.05) is 49.6 Å². The standard InChI is InChI=1S/C13H15N5O2.2ClH/c19-11-2-1-8(5-15-11)6-16-13(20)12-9-7-14-4-3-10(9)17-18-12;;/h1-2,5,14H,3-4,6-7H2,(H,15,19)(H,16,20)(H,17,18);2*1H. The smallest absolute Gasteiger partial charge is 0.272 e. The minimum Gasteiger partial charge on any atom is -0.346 e. The number of carbonyl (C=O) groups is 1. The number of aromatic amines is 2. The van der Waals surface area contributed by atoms with E-state index in [1.807, 2.05) is 0 Å². The second-order valence-electron chi connectivity index (χ2n) is 4.70. The maximum Gasteiger partial charge on any atom is 0.272 e. The highest BCUT2D eigenvalue weighted by atomic mass is 35.5. The summed E-state index contributed by atoms with van der Waals surface area (Å²) in [5, 5.41) is 13.0. The van der Waals surface area contributed by atoms with Crippen LogP contribution in [-0.4, -0.2) is 27.6 Å². The molecule has 0 aromatic carbocycles. The summed E-state index contributed by atoms with van der Waals surface area (Å²) in [6, 6.07) is 3.11. The lowest BCUT2D eigenvalue weighted by atomic mass is 10.1. The van der Waals surface area contributed by atoms with Gasteiger partial charge < -0.3 is 15.6 Å². The molecular formula is C13H17Cl2N5O2. The van der Waals surface area contributed by atoms with Gasteiger partial charge in [-0.05, 0) is 5.56 Å². The van der Waals surface area contributed by atoms with Crippen molar-refractivity contribution in [3.05, 3.63) is 51.2 Å². The lowest BCUT2D eigenvalue weighted by Crippen LogP contribution is -2.28. The van der Waals surface area contributed by atoms with Gasteiger partial charge in [0.25, 0.3) is 5.91 Å². The quantitative estimate of drug-likeness (QED) is 0.651. The number of rotatable bonds is 3. The van der Waals surface area contributed by atoms with Crippen molar-refractivity contribution in [2.24, 2.45) is 0 Å². The van der Waals surface area contributed by atoms with Crippen LogP contribution in [0.3, 0.4) is 0 Å². The lowest BCUT2D eigenvalue weighted by Gasteiger charge is -2.12. The molecule has 0 spiro atoms. The van der Waals surface area contributed by atoms with Crippen LogP contribution in [0.4, 0.5) is 0 Å². The average Bonchev–Trinajstić information content (AvgIpc) is 2.90. The number of halogens is 2. The van der Waals surface area contributed by atoms with E-state index in [0.29, 0.717) is 18.8 Å². The van der Waals surface area contributed by atoms with Crippen molar-refractivity contribution in [2.75, 3.05) is 6.54 Å². The zero-order valence-electron chi connectivity index (χ0n) is 11.6. The van der Waals surface area contributed by atoms with E-state index in [4.69, 9.17) is 0 Å². The molecule has 4 N–H and O–H groups in total. The van der Waals surface area contributed by atoms with Gasteiger partial charge in [-0.2, -0.15) is 5.10 Å². The number of H-pyrrole nitrogens is 2. The Hall–Kier alpha value is -1.83. The fourth-order valence-electron chi connectivity index (χ4n) is 2.23. The van der Waals surface area contributed by atoms with Crippen LogP contribution in [-0.2, 0) is 19.5 Å². The molecule has 0 bridgehead atoms. The monoisotopic (exact) mass is 345 g/mol. The molecule has 0 saturated heterocycles. The first kappa shape index (κ1) is 18.2. The van der Waals surface area contributed by atoms with Crippen LogP contribution in [0.1, 0.15) is 27.3 Å². The highest BCUT2D eigenvalue weighted by molar-refractivity contribution is 5.94. The number of nitrogens with zero attached hydrogens (tertiary/aromatic N) is 1. The topological polar surface area (TPSA) is 103 Å². The first-order valence-electron chi connectivity index (χ1n) is 6.46. The molecule has 0 radical (unpaired) electrons. The van der Waals surface area contributed by atoms with Gasteiger partial charge in [-0.25, -0.2) is 0 Å². The second-order valence-corrected chi connectivity index (χ2v) is 4.70. The summed E-state index contributed by atoms with van der Waals surface area (Å²) in [6.45, 7) is 1.91. The van der Waals surface area contributed by atoms with Crippen molar-refractivity contribution in [3.63, 3.8) is 0 Å². The highest BCUT2D eigenvalue weighted by Crippen LogP contribution is 2.15. The van der Waals surface area contributed by atoms with E-state index in [1.165, 1.54) is 6.07 Å². The van der Waals surface area contributed by atoms with Crippen LogP contribution in [0.25, 0.3) is 0 Å². The van der Waals surface area contributed by atoms with Gasteiger partial charge >= 0.3 is 0 Å². The van der Waals surface area contributed by atoms with Crippen LogP contribution in [0.2, 0.25) is 0 Å². The molecule has 120 valence electrons. The van der Waals surface area contributed by atoms with Gasteiger partial charge in [0.2, 0.25) is 5.56 Å². The Labute approximate surface area is 139 Å². The number of pyridine rings is 1. The molecule has 0 aliphatic carbocycles. The SMILES string of the molecule is Cl.Cl.O=C(NCc1ccc(=O)[nH]c1)c1n[nH]c2c1CNCC2. The zero-order valence-corrected chi connectivity index (χ0v) is 13.3. The van der Waals surface area contributed by atoms with E-state index < -0.39 is 0 Å². The van der Waals surface area contributed by atoms with Crippen molar-refractivity contribution >= 4 is 30.7 Å². The number of nitrogens with one attached hydrogen (secondary N) is 4.